The number of anilines is 1. The van der Waals surface area contributed by atoms with Crippen LogP contribution in [0.3, 0.4) is 0 Å². The number of halogens is 2. The lowest BCUT2D eigenvalue weighted by Crippen LogP contribution is -2.06. The molecule has 0 unspecified atom stereocenters. The molecule has 1 spiro atoms. The minimum absolute atomic E-state index is 0.0781. The Labute approximate surface area is 144 Å². The van der Waals surface area contributed by atoms with Crippen molar-refractivity contribution in [3.05, 3.63) is 59.8 Å². The molecule has 2 aromatic rings. The van der Waals surface area contributed by atoms with Crippen molar-refractivity contribution in [1.82, 2.24) is 15.0 Å². The average Bonchev–Trinajstić information content (AvgIpc) is 3.27. The highest BCUT2D eigenvalue weighted by Gasteiger charge is 2.50. The van der Waals surface area contributed by atoms with Crippen LogP contribution in [-0.4, -0.2) is 15.0 Å². The smallest absolute Gasteiger partial charge is 0.153 e. The first-order valence-electron chi connectivity index (χ1n) is 8.28. The van der Waals surface area contributed by atoms with E-state index in [2.05, 4.69) is 33.8 Å². The van der Waals surface area contributed by atoms with E-state index in [9.17, 15) is 8.78 Å². The SMILES string of the molecule is C=C(Nc1cnc(C2=C(C)CCC23CC3)cn1)c1c(F)cncc1F. The standard InChI is InChI=1S/C19H18F2N4/c1-11-3-4-19(5-6-19)18(11)15-9-24-16(10-23-15)25-12(2)17-13(20)7-22-8-14(17)21/h7-10H,2-6H2,1H3,(H,24,25). The Kier molecular flexibility index (Phi) is 3.63. The van der Waals surface area contributed by atoms with Gasteiger partial charge in [0.05, 0.1) is 36.0 Å². The Balaban J connectivity index is 1.55. The molecule has 0 atom stereocenters. The van der Waals surface area contributed by atoms with Gasteiger partial charge in [-0.15, -0.1) is 0 Å². The number of hydrogen-bond acceptors (Lipinski definition) is 4. The van der Waals surface area contributed by atoms with Crippen LogP contribution in [0.2, 0.25) is 0 Å². The Morgan fingerprint density at radius 2 is 1.80 bits per heavy atom. The fraction of sp³-hybridized carbons (Fsp3) is 0.316. The van der Waals surface area contributed by atoms with Gasteiger partial charge in [0.15, 0.2) is 11.6 Å². The number of nitrogens with one attached hydrogen (secondary N) is 1. The molecular formula is C19H18F2N4. The number of rotatable bonds is 4. The van der Waals surface area contributed by atoms with Gasteiger partial charge in [0, 0.05) is 5.70 Å². The maximum atomic E-state index is 13.8. The maximum absolute atomic E-state index is 13.8. The summed E-state index contributed by atoms with van der Waals surface area (Å²) in [7, 11) is 0. The van der Waals surface area contributed by atoms with E-state index in [-0.39, 0.29) is 11.3 Å². The zero-order valence-electron chi connectivity index (χ0n) is 13.9. The van der Waals surface area contributed by atoms with Gasteiger partial charge in [-0.2, -0.15) is 0 Å². The molecule has 2 aliphatic rings. The van der Waals surface area contributed by atoms with Gasteiger partial charge in [-0.1, -0.05) is 12.2 Å². The lowest BCUT2D eigenvalue weighted by Gasteiger charge is -2.14. The number of pyridine rings is 1. The zero-order chi connectivity index (χ0) is 17.6. The molecule has 1 N–H and O–H groups in total. The number of hydrogen-bond donors (Lipinski definition) is 1. The van der Waals surface area contributed by atoms with Crippen LogP contribution in [0.25, 0.3) is 11.3 Å². The van der Waals surface area contributed by atoms with Crippen molar-refractivity contribution in [2.45, 2.75) is 32.6 Å². The Morgan fingerprint density at radius 3 is 2.40 bits per heavy atom. The number of nitrogens with zero attached hydrogens (tertiary/aromatic N) is 3. The van der Waals surface area contributed by atoms with E-state index < -0.39 is 11.6 Å². The molecule has 4 rings (SSSR count). The molecular weight excluding hydrogens is 322 g/mol. The van der Waals surface area contributed by atoms with Crippen molar-refractivity contribution >= 4 is 17.1 Å². The highest BCUT2D eigenvalue weighted by Crippen LogP contribution is 2.63. The fourth-order valence-corrected chi connectivity index (χ4v) is 3.71. The second kappa shape index (κ2) is 5.72. The van der Waals surface area contributed by atoms with E-state index in [1.807, 2.05) is 0 Å². The lowest BCUT2D eigenvalue weighted by molar-refractivity contribution is 0.567. The van der Waals surface area contributed by atoms with E-state index in [0.717, 1.165) is 24.5 Å². The van der Waals surface area contributed by atoms with Crippen LogP contribution in [0, 0.1) is 17.0 Å². The Morgan fingerprint density at radius 1 is 1.08 bits per heavy atom. The third kappa shape index (κ3) is 2.71. The molecule has 0 radical (unpaired) electrons. The van der Waals surface area contributed by atoms with Crippen LogP contribution in [0.15, 0.2) is 36.9 Å². The van der Waals surface area contributed by atoms with Gasteiger partial charge in [-0.3, -0.25) is 9.97 Å². The van der Waals surface area contributed by atoms with Gasteiger partial charge in [0.1, 0.15) is 5.82 Å². The summed E-state index contributed by atoms with van der Waals surface area (Å²) < 4.78 is 27.5. The van der Waals surface area contributed by atoms with Crippen LogP contribution in [0.1, 0.15) is 43.9 Å². The Bertz CT molecular complexity index is 863. The average molecular weight is 340 g/mol. The predicted octanol–water partition coefficient (Wildman–Crippen LogP) is 4.58. The van der Waals surface area contributed by atoms with Crippen molar-refractivity contribution in [1.29, 1.82) is 0 Å². The molecule has 2 heterocycles. The molecule has 0 bridgehead atoms. The maximum Gasteiger partial charge on any atom is 0.153 e. The van der Waals surface area contributed by atoms with Gasteiger partial charge in [0.2, 0.25) is 0 Å². The lowest BCUT2D eigenvalue weighted by atomic mass is 9.95. The molecule has 0 aliphatic heterocycles. The third-order valence-electron chi connectivity index (χ3n) is 5.13. The summed E-state index contributed by atoms with van der Waals surface area (Å²) in [5.74, 6) is -1.15. The van der Waals surface area contributed by atoms with E-state index >= 15 is 0 Å². The molecule has 0 saturated heterocycles. The normalized spacial score (nSPS) is 17.9. The third-order valence-corrected chi connectivity index (χ3v) is 5.13. The molecule has 0 aromatic carbocycles. The van der Waals surface area contributed by atoms with Crippen LogP contribution < -0.4 is 5.32 Å². The first-order chi connectivity index (χ1) is 12.0. The largest absolute Gasteiger partial charge is 0.339 e. The van der Waals surface area contributed by atoms with Gasteiger partial charge in [-0.05, 0) is 43.6 Å². The summed E-state index contributed by atoms with van der Waals surface area (Å²) in [5.41, 5.74) is 3.77. The predicted molar refractivity (Wildman–Crippen MR) is 92.3 cm³/mol. The van der Waals surface area contributed by atoms with Crippen LogP contribution >= 0.6 is 0 Å². The van der Waals surface area contributed by atoms with Gasteiger partial charge in [0.25, 0.3) is 0 Å². The molecule has 1 saturated carbocycles. The minimum Gasteiger partial charge on any atom is -0.339 e. The zero-order valence-corrected chi connectivity index (χ0v) is 13.9. The monoisotopic (exact) mass is 340 g/mol. The van der Waals surface area contributed by atoms with Gasteiger partial charge >= 0.3 is 0 Å². The summed E-state index contributed by atoms with van der Waals surface area (Å²) in [5, 5.41) is 2.81. The second-order valence-electron chi connectivity index (χ2n) is 6.80. The molecule has 6 heteroatoms. The van der Waals surface area contributed by atoms with Gasteiger partial charge < -0.3 is 5.32 Å². The topological polar surface area (TPSA) is 50.7 Å². The van der Waals surface area contributed by atoms with Crippen molar-refractivity contribution in [2.24, 2.45) is 5.41 Å². The summed E-state index contributed by atoms with van der Waals surface area (Å²) in [6, 6.07) is 0. The molecule has 25 heavy (non-hydrogen) atoms. The summed E-state index contributed by atoms with van der Waals surface area (Å²) in [4.78, 5) is 12.3. The fourth-order valence-electron chi connectivity index (χ4n) is 3.71. The van der Waals surface area contributed by atoms with E-state index in [1.165, 1.54) is 30.4 Å². The molecule has 4 nitrogen and oxygen atoms in total. The molecule has 0 amide bonds. The highest BCUT2D eigenvalue weighted by atomic mass is 19.1. The quantitative estimate of drug-likeness (QED) is 0.885. The van der Waals surface area contributed by atoms with Crippen LogP contribution in [-0.2, 0) is 0 Å². The van der Waals surface area contributed by atoms with Gasteiger partial charge in [-0.25, -0.2) is 13.8 Å². The number of aromatic nitrogens is 3. The molecule has 2 aromatic heterocycles. The first kappa shape index (κ1) is 15.9. The van der Waals surface area contributed by atoms with Crippen molar-refractivity contribution in [2.75, 3.05) is 5.32 Å². The second-order valence-corrected chi connectivity index (χ2v) is 6.80. The molecule has 128 valence electrons. The summed E-state index contributed by atoms with van der Waals surface area (Å²) >= 11 is 0. The van der Waals surface area contributed by atoms with E-state index in [1.54, 1.807) is 12.4 Å². The molecule has 2 aliphatic carbocycles. The summed E-state index contributed by atoms with van der Waals surface area (Å²) in [6.07, 6.45) is 9.96. The van der Waals surface area contributed by atoms with Crippen molar-refractivity contribution in [3.63, 3.8) is 0 Å². The van der Waals surface area contributed by atoms with E-state index in [4.69, 9.17) is 0 Å². The summed E-state index contributed by atoms with van der Waals surface area (Å²) in [6.45, 7) is 5.85. The molecule has 1 fully saturated rings. The number of allylic oxidation sites excluding steroid dienone is 2. The van der Waals surface area contributed by atoms with Crippen molar-refractivity contribution < 1.29 is 8.78 Å². The minimum atomic E-state index is -0.774. The Hall–Kier alpha value is -2.63. The van der Waals surface area contributed by atoms with E-state index in [0.29, 0.717) is 11.2 Å². The highest BCUT2D eigenvalue weighted by molar-refractivity contribution is 5.76. The first-order valence-corrected chi connectivity index (χ1v) is 8.28. The van der Waals surface area contributed by atoms with Crippen molar-refractivity contribution in [3.8, 4) is 0 Å². The van der Waals surface area contributed by atoms with Crippen LogP contribution in [0.4, 0.5) is 14.6 Å². The van der Waals surface area contributed by atoms with Crippen LogP contribution in [0.5, 0.6) is 0 Å².